The van der Waals surface area contributed by atoms with Gasteiger partial charge in [0.2, 0.25) is 0 Å². The van der Waals surface area contributed by atoms with Gasteiger partial charge in [-0.05, 0) is 66.7 Å². The summed E-state index contributed by atoms with van der Waals surface area (Å²) in [4.78, 5) is 11.9. The van der Waals surface area contributed by atoms with Gasteiger partial charge in [-0.25, -0.2) is 12.8 Å². The van der Waals surface area contributed by atoms with Crippen LogP contribution in [0.3, 0.4) is 0 Å². The number of amides is 1. The predicted molar refractivity (Wildman–Crippen MR) is 109 cm³/mol. The molecule has 0 saturated carbocycles. The van der Waals surface area contributed by atoms with Crippen LogP contribution in [0.2, 0.25) is 5.02 Å². The molecule has 0 aliphatic rings. The summed E-state index contributed by atoms with van der Waals surface area (Å²) < 4.78 is 45.4. The number of anilines is 2. The van der Waals surface area contributed by atoms with E-state index < -0.39 is 15.8 Å². The number of ether oxygens (including phenoxy) is 1. The predicted octanol–water partition coefficient (Wildman–Crippen LogP) is 4.30. The minimum atomic E-state index is -3.84. The molecule has 0 heterocycles. The fraction of sp³-hybridized carbons (Fsp3) is 0.0500. The molecule has 0 fully saturated rings. The number of rotatable bonds is 7. The van der Waals surface area contributed by atoms with Gasteiger partial charge in [-0.2, -0.15) is 0 Å². The van der Waals surface area contributed by atoms with E-state index >= 15 is 0 Å². The van der Waals surface area contributed by atoms with Gasteiger partial charge >= 0.3 is 0 Å². The molecule has 9 heteroatoms. The third-order valence-corrected chi connectivity index (χ3v) is 5.34. The highest BCUT2D eigenvalue weighted by molar-refractivity contribution is 7.92. The minimum Gasteiger partial charge on any atom is -0.484 e. The Morgan fingerprint density at radius 3 is 2.31 bits per heavy atom. The van der Waals surface area contributed by atoms with E-state index in [-0.39, 0.29) is 23.1 Å². The number of benzene rings is 3. The Morgan fingerprint density at radius 1 is 0.966 bits per heavy atom. The molecular formula is C20H16ClFN2O4S. The van der Waals surface area contributed by atoms with Crippen molar-refractivity contribution in [1.29, 1.82) is 0 Å². The average Bonchev–Trinajstić information content (AvgIpc) is 2.68. The second-order valence-corrected chi connectivity index (χ2v) is 8.05. The fourth-order valence-corrected chi connectivity index (χ4v) is 3.61. The number of hydrogen-bond acceptors (Lipinski definition) is 4. The first-order valence-corrected chi connectivity index (χ1v) is 10.2. The zero-order chi connectivity index (χ0) is 20.9. The first kappa shape index (κ1) is 20.6. The molecule has 0 spiro atoms. The van der Waals surface area contributed by atoms with Crippen molar-refractivity contribution < 1.29 is 22.3 Å². The van der Waals surface area contributed by atoms with Gasteiger partial charge in [-0.1, -0.05) is 17.7 Å². The monoisotopic (exact) mass is 434 g/mol. The van der Waals surface area contributed by atoms with E-state index in [1.54, 1.807) is 24.3 Å². The van der Waals surface area contributed by atoms with E-state index in [0.29, 0.717) is 16.5 Å². The first-order chi connectivity index (χ1) is 13.8. The summed E-state index contributed by atoms with van der Waals surface area (Å²) in [7, 11) is -3.84. The van der Waals surface area contributed by atoms with E-state index in [2.05, 4.69) is 10.0 Å². The van der Waals surface area contributed by atoms with Crippen molar-refractivity contribution in [3.8, 4) is 5.75 Å². The summed E-state index contributed by atoms with van der Waals surface area (Å²) in [6.07, 6.45) is 0. The molecule has 0 aliphatic heterocycles. The van der Waals surface area contributed by atoms with Crippen LogP contribution in [0, 0.1) is 5.82 Å². The lowest BCUT2D eigenvalue weighted by molar-refractivity contribution is -0.118. The molecule has 0 radical (unpaired) electrons. The van der Waals surface area contributed by atoms with Crippen LogP contribution in [0.4, 0.5) is 15.8 Å². The van der Waals surface area contributed by atoms with Gasteiger partial charge in [0, 0.05) is 16.4 Å². The van der Waals surface area contributed by atoms with Crippen LogP contribution in [-0.2, 0) is 14.8 Å². The van der Waals surface area contributed by atoms with E-state index in [9.17, 15) is 17.6 Å². The Labute approximate surface area is 172 Å². The molecule has 0 atom stereocenters. The van der Waals surface area contributed by atoms with Crippen molar-refractivity contribution in [2.45, 2.75) is 4.90 Å². The molecule has 0 saturated heterocycles. The molecule has 6 nitrogen and oxygen atoms in total. The van der Waals surface area contributed by atoms with Crippen LogP contribution in [0.25, 0.3) is 0 Å². The standard InChI is InChI=1S/C20H16ClFN2O4S/c21-14-2-1-3-17(12-14)23-20(25)13-28-18-8-10-19(11-9-18)29(26,27)24-16-6-4-15(22)5-7-16/h1-12,24H,13H2,(H,23,25). The molecule has 0 unspecified atom stereocenters. The van der Waals surface area contributed by atoms with Crippen LogP contribution in [0.1, 0.15) is 0 Å². The molecule has 0 bridgehead atoms. The smallest absolute Gasteiger partial charge is 0.262 e. The Morgan fingerprint density at radius 2 is 1.66 bits per heavy atom. The fourth-order valence-electron chi connectivity index (χ4n) is 2.36. The zero-order valence-corrected chi connectivity index (χ0v) is 16.5. The van der Waals surface area contributed by atoms with E-state index in [1.807, 2.05) is 0 Å². The van der Waals surface area contributed by atoms with Gasteiger partial charge < -0.3 is 10.1 Å². The largest absolute Gasteiger partial charge is 0.484 e. The Hall–Kier alpha value is -3.10. The first-order valence-electron chi connectivity index (χ1n) is 8.38. The summed E-state index contributed by atoms with van der Waals surface area (Å²) in [5.41, 5.74) is 0.781. The summed E-state index contributed by atoms with van der Waals surface area (Å²) in [5, 5.41) is 3.13. The third kappa shape index (κ3) is 5.94. The summed E-state index contributed by atoms with van der Waals surface area (Å²) >= 11 is 5.86. The second-order valence-electron chi connectivity index (χ2n) is 5.93. The lowest BCUT2D eigenvalue weighted by atomic mass is 10.3. The summed E-state index contributed by atoms with van der Waals surface area (Å²) in [6.45, 7) is -0.258. The van der Waals surface area contributed by atoms with E-state index in [1.165, 1.54) is 36.4 Å². The Kier molecular flexibility index (Phi) is 6.36. The van der Waals surface area contributed by atoms with Crippen molar-refractivity contribution >= 4 is 38.9 Å². The molecular weight excluding hydrogens is 419 g/mol. The Bertz CT molecular complexity index is 1100. The van der Waals surface area contributed by atoms with Gasteiger partial charge in [0.15, 0.2) is 6.61 Å². The third-order valence-electron chi connectivity index (χ3n) is 3.71. The van der Waals surface area contributed by atoms with Gasteiger partial charge in [0.05, 0.1) is 4.90 Å². The molecule has 29 heavy (non-hydrogen) atoms. The second kappa shape index (κ2) is 8.93. The molecule has 150 valence electrons. The zero-order valence-electron chi connectivity index (χ0n) is 14.9. The highest BCUT2D eigenvalue weighted by Gasteiger charge is 2.14. The number of nitrogens with one attached hydrogen (secondary N) is 2. The van der Waals surface area contributed by atoms with Crippen LogP contribution in [0.5, 0.6) is 5.75 Å². The lowest BCUT2D eigenvalue weighted by Gasteiger charge is -2.10. The van der Waals surface area contributed by atoms with E-state index in [4.69, 9.17) is 16.3 Å². The number of halogens is 2. The van der Waals surface area contributed by atoms with Crippen molar-refractivity contribution in [3.05, 3.63) is 83.6 Å². The lowest BCUT2D eigenvalue weighted by Crippen LogP contribution is -2.20. The normalized spacial score (nSPS) is 11.0. The van der Waals surface area contributed by atoms with Crippen LogP contribution < -0.4 is 14.8 Å². The van der Waals surface area contributed by atoms with Crippen molar-refractivity contribution in [1.82, 2.24) is 0 Å². The van der Waals surface area contributed by atoms with Crippen molar-refractivity contribution in [2.24, 2.45) is 0 Å². The van der Waals surface area contributed by atoms with Gasteiger partial charge in [-0.15, -0.1) is 0 Å². The van der Waals surface area contributed by atoms with Crippen LogP contribution in [0.15, 0.2) is 77.7 Å². The van der Waals surface area contributed by atoms with Crippen molar-refractivity contribution in [2.75, 3.05) is 16.6 Å². The molecule has 0 aliphatic carbocycles. The average molecular weight is 435 g/mol. The highest BCUT2D eigenvalue weighted by Crippen LogP contribution is 2.20. The van der Waals surface area contributed by atoms with Gasteiger partial charge in [-0.3, -0.25) is 9.52 Å². The van der Waals surface area contributed by atoms with Gasteiger partial charge in [0.1, 0.15) is 11.6 Å². The number of sulfonamides is 1. The number of carbonyl (C=O) groups is 1. The molecule has 3 aromatic rings. The minimum absolute atomic E-state index is 0.00226. The maximum Gasteiger partial charge on any atom is 0.262 e. The molecule has 3 rings (SSSR count). The van der Waals surface area contributed by atoms with Crippen molar-refractivity contribution in [3.63, 3.8) is 0 Å². The molecule has 0 aromatic heterocycles. The SMILES string of the molecule is O=C(COc1ccc(S(=O)(=O)Nc2ccc(F)cc2)cc1)Nc1cccc(Cl)c1. The summed E-state index contributed by atoms with van der Waals surface area (Å²) in [5.74, 6) is -0.525. The van der Waals surface area contributed by atoms with Crippen LogP contribution >= 0.6 is 11.6 Å². The topological polar surface area (TPSA) is 84.5 Å². The molecule has 3 aromatic carbocycles. The maximum atomic E-state index is 12.9. The quantitative estimate of drug-likeness (QED) is 0.580. The van der Waals surface area contributed by atoms with Gasteiger partial charge in [0.25, 0.3) is 15.9 Å². The highest BCUT2D eigenvalue weighted by atomic mass is 35.5. The maximum absolute atomic E-state index is 12.9. The number of hydrogen-bond donors (Lipinski definition) is 2. The molecule has 2 N–H and O–H groups in total. The summed E-state index contributed by atoms with van der Waals surface area (Å²) in [6, 6.07) is 17.2. The Balaban J connectivity index is 1.58. The molecule has 1 amide bonds. The van der Waals surface area contributed by atoms with Crippen LogP contribution in [-0.4, -0.2) is 20.9 Å². The number of carbonyl (C=O) groups excluding carboxylic acids is 1. The van der Waals surface area contributed by atoms with E-state index in [0.717, 1.165) is 12.1 Å².